The molecule has 1 heterocycles. The van der Waals surface area contributed by atoms with Crippen LogP contribution in [0.1, 0.15) is 12.5 Å². The molecular formula is C25H23ClN2O4S. The molecule has 3 aromatic carbocycles. The smallest absolute Gasteiger partial charge is 0.344 e. The summed E-state index contributed by atoms with van der Waals surface area (Å²) >= 11 is 7.58. The molecule has 0 spiro atoms. The van der Waals surface area contributed by atoms with Gasteiger partial charge in [-0.05, 0) is 61.0 Å². The van der Waals surface area contributed by atoms with Crippen LogP contribution in [0.2, 0.25) is 5.02 Å². The lowest BCUT2D eigenvalue weighted by Crippen LogP contribution is -2.28. The van der Waals surface area contributed by atoms with E-state index in [1.165, 1.54) is 6.92 Å². The number of hydrogen-bond donors (Lipinski definition) is 1. The van der Waals surface area contributed by atoms with Crippen LogP contribution in [-0.2, 0) is 11.3 Å². The van der Waals surface area contributed by atoms with Gasteiger partial charge in [0.15, 0.2) is 11.2 Å². The fourth-order valence-electron chi connectivity index (χ4n) is 3.23. The Hall–Kier alpha value is -3.29. The van der Waals surface area contributed by atoms with Crippen LogP contribution >= 0.6 is 22.9 Å². The molecule has 170 valence electrons. The molecule has 0 fully saturated rings. The van der Waals surface area contributed by atoms with E-state index in [2.05, 4.69) is 11.0 Å². The number of rotatable bonds is 10. The highest BCUT2D eigenvalue weighted by Gasteiger charge is 2.16. The molecule has 0 saturated heterocycles. The number of aliphatic carboxylic acids is 1. The summed E-state index contributed by atoms with van der Waals surface area (Å²) in [5, 5.41) is 10.7. The van der Waals surface area contributed by atoms with Gasteiger partial charge in [-0.25, -0.2) is 9.78 Å². The fourth-order valence-corrected chi connectivity index (χ4v) is 4.35. The number of aromatic nitrogens is 1. The van der Waals surface area contributed by atoms with E-state index in [0.29, 0.717) is 30.5 Å². The van der Waals surface area contributed by atoms with Crippen molar-refractivity contribution in [3.05, 3.63) is 83.4 Å². The van der Waals surface area contributed by atoms with Crippen LogP contribution in [0.25, 0.3) is 10.2 Å². The maximum absolute atomic E-state index is 11.1. The molecule has 33 heavy (non-hydrogen) atoms. The molecular weight excluding hydrogens is 460 g/mol. The zero-order valence-corrected chi connectivity index (χ0v) is 19.6. The second-order valence-corrected chi connectivity index (χ2v) is 8.88. The van der Waals surface area contributed by atoms with E-state index >= 15 is 0 Å². The van der Waals surface area contributed by atoms with Crippen molar-refractivity contribution in [2.24, 2.45) is 0 Å². The average Bonchev–Trinajstić information content (AvgIpc) is 3.24. The Balaban J connectivity index is 1.52. The zero-order valence-electron chi connectivity index (χ0n) is 18.0. The monoisotopic (exact) mass is 482 g/mol. The SMILES string of the molecule is CC(Oc1cccc(CN(CCOc2ccc(Cl)cc2)c2nc3ccccc3s2)c1)C(=O)O. The van der Waals surface area contributed by atoms with E-state index < -0.39 is 12.1 Å². The standard InChI is InChI=1S/C25H23ClN2O4S/c1-17(24(29)30)32-21-6-4-5-18(15-21)16-28(13-14-31-20-11-9-19(26)10-12-20)25-27-22-7-2-3-8-23(22)33-25/h2-12,15,17H,13-14,16H2,1H3,(H,29,30). The van der Waals surface area contributed by atoms with Crippen molar-refractivity contribution < 1.29 is 19.4 Å². The Kier molecular flexibility index (Phi) is 7.32. The number of carboxylic acid groups (broad SMARTS) is 1. The molecule has 1 N–H and O–H groups in total. The Morgan fingerprint density at radius 3 is 2.64 bits per heavy atom. The molecule has 0 radical (unpaired) electrons. The van der Waals surface area contributed by atoms with Crippen LogP contribution in [0.5, 0.6) is 11.5 Å². The van der Waals surface area contributed by atoms with Gasteiger partial charge in [-0.3, -0.25) is 0 Å². The third-order valence-electron chi connectivity index (χ3n) is 4.93. The summed E-state index contributed by atoms with van der Waals surface area (Å²) in [6.07, 6.45) is -0.923. The first-order valence-corrected chi connectivity index (χ1v) is 11.6. The van der Waals surface area contributed by atoms with E-state index in [1.807, 2.05) is 48.5 Å². The van der Waals surface area contributed by atoms with Crippen LogP contribution in [0.15, 0.2) is 72.8 Å². The van der Waals surface area contributed by atoms with Crippen molar-refractivity contribution in [3.63, 3.8) is 0 Å². The summed E-state index contributed by atoms with van der Waals surface area (Å²) in [5.41, 5.74) is 1.93. The molecule has 0 aliphatic rings. The fraction of sp³-hybridized carbons (Fsp3) is 0.200. The number of carbonyl (C=O) groups is 1. The van der Waals surface area contributed by atoms with Crippen LogP contribution in [0.4, 0.5) is 5.13 Å². The Labute approximate surface area is 201 Å². The van der Waals surface area contributed by atoms with Gasteiger partial charge >= 0.3 is 5.97 Å². The molecule has 1 unspecified atom stereocenters. The molecule has 1 aromatic heterocycles. The number of thiazole rings is 1. The van der Waals surface area contributed by atoms with Gasteiger partial charge in [0.1, 0.15) is 18.1 Å². The number of nitrogens with zero attached hydrogens (tertiary/aromatic N) is 2. The van der Waals surface area contributed by atoms with Gasteiger partial charge in [0, 0.05) is 11.6 Å². The second-order valence-electron chi connectivity index (χ2n) is 7.43. The summed E-state index contributed by atoms with van der Waals surface area (Å²) in [7, 11) is 0. The maximum atomic E-state index is 11.1. The van der Waals surface area contributed by atoms with Gasteiger partial charge in [0.2, 0.25) is 0 Å². The predicted molar refractivity (Wildman–Crippen MR) is 132 cm³/mol. The van der Waals surface area contributed by atoms with Crippen molar-refractivity contribution in [1.29, 1.82) is 0 Å². The highest BCUT2D eigenvalue weighted by atomic mass is 35.5. The number of para-hydroxylation sites is 1. The van der Waals surface area contributed by atoms with E-state index in [9.17, 15) is 4.79 Å². The average molecular weight is 483 g/mol. The third kappa shape index (κ3) is 6.15. The lowest BCUT2D eigenvalue weighted by Gasteiger charge is -2.22. The Bertz CT molecular complexity index is 1200. The minimum absolute atomic E-state index is 0.462. The van der Waals surface area contributed by atoms with Crippen molar-refractivity contribution in [2.75, 3.05) is 18.1 Å². The van der Waals surface area contributed by atoms with Gasteiger partial charge < -0.3 is 19.5 Å². The van der Waals surface area contributed by atoms with Crippen LogP contribution in [0.3, 0.4) is 0 Å². The topological polar surface area (TPSA) is 71.9 Å². The number of fused-ring (bicyclic) bond motifs is 1. The summed E-state index contributed by atoms with van der Waals surface area (Å²) in [6.45, 7) is 3.15. The molecule has 0 aliphatic carbocycles. The lowest BCUT2D eigenvalue weighted by molar-refractivity contribution is -0.144. The summed E-state index contributed by atoms with van der Waals surface area (Å²) < 4.78 is 12.6. The van der Waals surface area contributed by atoms with E-state index in [0.717, 1.165) is 26.7 Å². The van der Waals surface area contributed by atoms with Gasteiger partial charge in [-0.15, -0.1) is 0 Å². The molecule has 8 heteroatoms. The number of ether oxygens (including phenoxy) is 2. The number of halogens is 1. The molecule has 4 rings (SSSR count). The highest BCUT2D eigenvalue weighted by Crippen LogP contribution is 2.30. The summed E-state index contributed by atoms with van der Waals surface area (Å²) in [4.78, 5) is 18.1. The zero-order chi connectivity index (χ0) is 23.2. The van der Waals surface area contributed by atoms with E-state index in [4.69, 9.17) is 31.2 Å². The first-order chi connectivity index (χ1) is 16.0. The van der Waals surface area contributed by atoms with Crippen molar-refractivity contribution in [3.8, 4) is 11.5 Å². The van der Waals surface area contributed by atoms with E-state index in [-0.39, 0.29) is 0 Å². The Morgan fingerprint density at radius 1 is 1.09 bits per heavy atom. The van der Waals surface area contributed by atoms with Crippen LogP contribution < -0.4 is 14.4 Å². The first-order valence-electron chi connectivity index (χ1n) is 10.5. The van der Waals surface area contributed by atoms with Crippen molar-refractivity contribution in [2.45, 2.75) is 19.6 Å². The third-order valence-corrected chi connectivity index (χ3v) is 6.28. The highest BCUT2D eigenvalue weighted by molar-refractivity contribution is 7.22. The van der Waals surface area contributed by atoms with Gasteiger partial charge in [-0.2, -0.15) is 0 Å². The molecule has 1 atom stereocenters. The number of benzene rings is 3. The van der Waals surface area contributed by atoms with Crippen LogP contribution in [0, 0.1) is 0 Å². The van der Waals surface area contributed by atoms with Crippen LogP contribution in [-0.4, -0.2) is 35.3 Å². The molecule has 6 nitrogen and oxygen atoms in total. The number of anilines is 1. The summed E-state index contributed by atoms with van der Waals surface area (Å²) in [6, 6.07) is 22.8. The molecule has 0 aliphatic heterocycles. The Morgan fingerprint density at radius 2 is 1.88 bits per heavy atom. The van der Waals surface area contributed by atoms with Gasteiger partial charge in [0.25, 0.3) is 0 Å². The number of hydrogen-bond acceptors (Lipinski definition) is 6. The lowest BCUT2D eigenvalue weighted by atomic mass is 10.2. The largest absolute Gasteiger partial charge is 0.492 e. The normalized spacial score (nSPS) is 11.8. The maximum Gasteiger partial charge on any atom is 0.344 e. The predicted octanol–water partition coefficient (Wildman–Crippen LogP) is 5.89. The quantitative estimate of drug-likeness (QED) is 0.304. The van der Waals surface area contributed by atoms with Gasteiger partial charge in [-0.1, -0.05) is 47.2 Å². The second kappa shape index (κ2) is 10.6. The minimum atomic E-state index is -1.00. The minimum Gasteiger partial charge on any atom is -0.492 e. The number of carboxylic acids is 1. The molecule has 0 amide bonds. The van der Waals surface area contributed by atoms with Crippen molar-refractivity contribution >= 4 is 44.3 Å². The van der Waals surface area contributed by atoms with Gasteiger partial charge in [0.05, 0.1) is 16.8 Å². The molecule has 0 bridgehead atoms. The molecule has 4 aromatic rings. The van der Waals surface area contributed by atoms with Crippen molar-refractivity contribution in [1.82, 2.24) is 4.98 Å². The first kappa shape index (κ1) is 22.9. The summed E-state index contributed by atoms with van der Waals surface area (Å²) in [5.74, 6) is 0.265. The van der Waals surface area contributed by atoms with E-state index in [1.54, 1.807) is 29.5 Å². The molecule has 0 saturated carbocycles.